The van der Waals surface area contributed by atoms with E-state index in [1.165, 1.54) is 122 Å². The second-order valence-corrected chi connectivity index (χ2v) is 15.0. The van der Waals surface area contributed by atoms with E-state index in [-0.39, 0.29) is 10.5 Å². The Morgan fingerprint density at radius 2 is 1.12 bits per heavy atom. The van der Waals surface area contributed by atoms with Crippen molar-refractivity contribution >= 4 is 21.6 Å². The number of hydrogen-bond donors (Lipinski definition) is 1. The molecular weight excluding hydrogens is 531 g/mol. The number of phenols is 1. The first-order valence-corrected chi connectivity index (χ1v) is 18.7. The maximum atomic E-state index is 9.75. The molecule has 0 aliphatic rings. The smallest absolute Gasteiger partial charge is 0.202 e. The number of unbranched alkanes of at least 4 members (excludes halogenated alkanes) is 17. The van der Waals surface area contributed by atoms with Gasteiger partial charge < -0.3 is 9.67 Å². The van der Waals surface area contributed by atoms with E-state index < -0.39 is 0 Å². The lowest BCUT2D eigenvalue weighted by molar-refractivity contribution is 0.475. The summed E-state index contributed by atoms with van der Waals surface area (Å²) in [5.41, 5.74) is 1.01. The molecule has 0 spiro atoms. The van der Waals surface area contributed by atoms with Gasteiger partial charge in [-0.2, -0.15) is 0 Å². The molecule has 1 aromatic carbocycles. The van der Waals surface area contributed by atoms with Gasteiger partial charge in [0.05, 0.1) is 0 Å². The fourth-order valence-corrected chi connectivity index (χ4v) is 7.58. The number of phenolic OH excluding ortho intramolecular Hbond substituents is 1. The Balaban J connectivity index is 1.70. The van der Waals surface area contributed by atoms with Gasteiger partial charge in [0.1, 0.15) is 5.75 Å². The van der Waals surface area contributed by atoms with E-state index in [1.54, 1.807) is 22.9 Å². The molecule has 1 N–H and O–H groups in total. The highest BCUT2D eigenvalue weighted by molar-refractivity contribution is 8.77. The summed E-state index contributed by atoms with van der Waals surface area (Å²) in [7, 11) is 3.70. The Bertz CT molecular complexity index is 882. The topological polar surface area (TPSA) is 50.9 Å². The highest BCUT2D eigenvalue weighted by atomic mass is 33.1. The largest absolute Gasteiger partial charge is 0.508 e. The summed E-state index contributed by atoms with van der Waals surface area (Å²) < 4.78 is 2.51. The van der Waals surface area contributed by atoms with Crippen LogP contribution >= 0.6 is 21.6 Å². The molecule has 0 unspecified atom stereocenters. The minimum absolute atomic E-state index is 0.212. The van der Waals surface area contributed by atoms with Crippen LogP contribution in [0.2, 0.25) is 0 Å². The zero-order chi connectivity index (χ0) is 28.9. The monoisotopic (exact) mass is 589 g/mol. The molecular formula is C34H59N3OS2. The van der Waals surface area contributed by atoms with E-state index in [0.717, 1.165) is 29.5 Å². The van der Waals surface area contributed by atoms with E-state index in [2.05, 4.69) is 42.5 Å². The number of rotatable bonds is 25. The molecule has 1 heterocycles. The normalized spacial score (nSPS) is 11.9. The van der Waals surface area contributed by atoms with Gasteiger partial charge in [-0.3, -0.25) is 0 Å². The van der Waals surface area contributed by atoms with E-state index in [9.17, 15) is 5.11 Å². The molecule has 0 amide bonds. The second-order valence-electron chi connectivity index (χ2n) is 12.2. The first-order valence-electron chi connectivity index (χ1n) is 16.5. The standard InChI is InChI=1S/C34H59N3OS2/c1-5-7-9-10-11-12-13-14-15-16-17-18-19-20-21-23-29-37-32(30-24-26-31(38)27-25-30)35-36-33(37)39-40-34(3,4)28-22-8-6-2/h24-27,38H,5-23,28-29H2,1-4H3. The number of aromatic nitrogens is 3. The molecule has 0 radical (unpaired) electrons. The molecule has 2 aromatic rings. The van der Waals surface area contributed by atoms with Crippen molar-refractivity contribution in [3.8, 4) is 17.1 Å². The Hall–Kier alpha value is -1.14. The van der Waals surface area contributed by atoms with Gasteiger partial charge in [0.15, 0.2) is 5.82 Å². The van der Waals surface area contributed by atoms with Crippen molar-refractivity contribution in [1.29, 1.82) is 0 Å². The molecule has 228 valence electrons. The van der Waals surface area contributed by atoms with Gasteiger partial charge in [-0.05, 0) is 61.7 Å². The molecule has 0 saturated heterocycles. The lowest BCUT2D eigenvalue weighted by atomic mass is 10.0. The van der Waals surface area contributed by atoms with Gasteiger partial charge in [-0.25, -0.2) is 0 Å². The Labute approximate surface area is 254 Å². The zero-order valence-corrected chi connectivity index (χ0v) is 27.9. The van der Waals surface area contributed by atoms with E-state index in [4.69, 9.17) is 0 Å². The van der Waals surface area contributed by atoms with Crippen LogP contribution in [0.25, 0.3) is 11.4 Å². The van der Waals surface area contributed by atoms with Crippen LogP contribution in [0, 0.1) is 0 Å². The summed E-state index contributed by atoms with van der Waals surface area (Å²) in [4.78, 5) is 0. The Morgan fingerprint density at radius 3 is 1.65 bits per heavy atom. The third-order valence-electron chi connectivity index (χ3n) is 7.80. The molecule has 0 bridgehead atoms. The van der Waals surface area contributed by atoms with Crippen molar-refractivity contribution in [1.82, 2.24) is 14.8 Å². The lowest BCUT2D eigenvalue weighted by Crippen LogP contribution is -2.13. The molecule has 40 heavy (non-hydrogen) atoms. The number of benzene rings is 1. The van der Waals surface area contributed by atoms with Crippen LogP contribution < -0.4 is 0 Å². The van der Waals surface area contributed by atoms with E-state index >= 15 is 0 Å². The van der Waals surface area contributed by atoms with Gasteiger partial charge in [-0.1, -0.05) is 140 Å². The summed E-state index contributed by atoms with van der Waals surface area (Å²) >= 11 is 0. The quantitative estimate of drug-likeness (QED) is 0.0922. The molecule has 0 aliphatic carbocycles. The molecule has 1 aromatic heterocycles. The first-order chi connectivity index (χ1) is 19.5. The fraction of sp³-hybridized carbons (Fsp3) is 0.765. The van der Waals surface area contributed by atoms with Crippen LogP contribution in [0.1, 0.15) is 156 Å². The molecule has 2 rings (SSSR count). The maximum absolute atomic E-state index is 9.75. The van der Waals surface area contributed by atoms with Gasteiger partial charge in [-0.15, -0.1) is 10.2 Å². The molecule has 6 heteroatoms. The third kappa shape index (κ3) is 15.2. The first kappa shape index (κ1) is 35.1. The van der Waals surface area contributed by atoms with Crippen molar-refractivity contribution in [2.45, 2.75) is 173 Å². The number of nitrogens with zero attached hydrogens (tertiary/aromatic N) is 3. The Kier molecular flexibility index (Phi) is 18.9. The van der Waals surface area contributed by atoms with Crippen LogP contribution in [0.5, 0.6) is 5.75 Å². The average Bonchev–Trinajstić information content (AvgIpc) is 3.35. The molecule has 4 nitrogen and oxygen atoms in total. The minimum atomic E-state index is 0.212. The molecule has 0 aliphatic heterocycles. The van der Waals surface area contributed by atoms with Gasteiger partial charge >= 0.3 is 0 Å². The van der Waals surface area contributed by atoms with Crippen LogP contribution in [0.15, 0.2) is 29.4 Å². The maximum Gasteiger partial charge on any atom is 0.202 e. The van der Waals surface area contributed by atoms with Crippen LogP contribution in [-0.2, 0) is 6.54 Å². The third-order valence-corrected chi connectivity index (χ3v) is 11.0. The summed E-state index contributed by atoms with van der Waals surface area (Å²) in [5.74, 6) is 1.19. The predicted molar refractivity (Wildman–Crippen MR) is 178 cm³/mol. The van der Waals surface area contributed by atoms with Crippen molar-refractivity contribution in [3.05, 3.63) is 24.3 Å². The number of hydrogen-bond acceptors (Lipinski definition) is 5. The van der Waals surface area contributed by atoms with Crippen molar-refractivity contribution in [2.75, 3.05) is 0 Å². The number of aromatic hydroxyl groups is 1. The summed E-state index contributed by atoms with van der Waals surface area (Å²) in [5, 5.41) is 19.9. The summed E-state index contributed by atoms with van der Waals surface area (Å²) in [6.45, 7) is 10.2. The highest BCUT2D eigenvalue weighted by Gasteiger charge is 2.22. The van der Waals surface area contributed by atoms with Crippen molar-refractivity contribution < 1.29 is 5.11 Å². The van der Waals surface area contributed by atoms with Gasteiger partial charge in [0.25, 0.3) is 0 Å². The molecule has 0 fully saturated rings. The summed E-state index contributed by atoms with van der Waals surface area (Å²) in [6.07, 6.45) is 27.2. The lowest BCUT2D eigenvalue weighted by Gasteiger charge is -2.22. The highest BCUT2D eigenvalue weighted by Crippen LogP contribution is 2.43. The van der Waals surface area contributed by atoms with Crippen LogP contribution in [-0.4, -0.2) is 24.6 Å². The second kappa shape index (κ2) is 21.5. The van der Waals surface area contributed by atoms with Crippen molar-refractivity contribution in [2.24, 2.45) is 0 Å². The van der Waals surface area contributed by atoms with E-state index in [0.29, 0.717) is 0 Å². The zero-order valence-electron chi connectivity index (χ0n) is 26.3. The average molecular weight is 590 g/mol. The molecule has 0 atom stereocenters. The van der Waals surface area contributed by atoms with Crippen LogP contribution in [0.3, 0.4) is 0 Å². The van der Waals surface area contributed by atoms with Gasteiger partial charge in [0.2, 0.25) is 5.16 Å². The Morgan fingerprint density at radius 1 is 0.650 bits per heavy atom. The summed E-state index contributed by atoms with van der Waals surface area (Å²) in [6, 6.07) is 7.36. The predicted octanol–water partition coefficient (Wildman–Crippen LogP) is 12.0. The van der Waals surface area contributed by atoms with Crippen molar-refractivity contribution in [3.63, 3.8) is 0 Å². The minimum Gasteiger partial charge on any atom is -0.508 e. The van der Waals surface area contributed by atoms with E-state index in [1.807, 2.05) is 22.9 Å². The van der Waals surface area contributed by atoms with Gasteiger partial charge in [0, 0.05) is 16.9 Å². The molecule has 0 saturated carbocycles. The fourth-order valence-electron chi connectivity index (χ4n) is 5.19. The SMILES string of the molecule is CCCCCCCCCCCCCCCCCCn1c(SSC(C)(C)CCCCC)nnc1-c1ccc(O)cc1. The van der Waals surface area contributed by atoms with Crippen LogP contribution in [0.4, 0.5) is 0 Å².